The van der Waals surface area contributed by atoms with E-state index in [-0.39, 0.29) is 5.75 Å². The molecule has 0 saturated heterocycles. The van der Waals surface area contributed by atoms with E-state index in [2.05, 4.69) is 11.6 Å². The van der Waals surface area contributed by atoms with Crippen LogP contribution in [0.2, 0.25) is 0 Å². The predicted octanol–water partition coefficient (Wildman–Crippen LogP) is 4.22. The maximum Gasteiger partial charge on any atom is 0.323 e. The molecule has 0 saturated carbocycles. The SMILES string of the molecule is CCCCCCCCCCS(=O)(=O)NC(CCc1ccccc1)C(=O)OC. The van der Waals surface area contributed by atoms with Gasteiger partial charge in [-0.15, -0.1) is 0 Å². The van der Waals surface area contributed by atoms with Gasteiger partial charge in [-0.3, -0.25) is 4.79 Å². The van der Waals surface area contributed by atoms with Gasteiger partial charge in [0.1, 0.15) is 6.04 Å². The van der Waals surface area contributed by atoms with Gasteiger partial charge in [-0.25, -0.2) is 13.1 Å². The topological polar surface area (TPSA) is 72.5 Å². The van der Waals surface area contributed by atoms with Crippen LogP contribution in [0.4, 0.5) is 0 Å². The summed E-state index contributed by atoms with van der Waals surface area (Å²) in [4.78, 5) is 12.0. The van der Waals surface area contributed by atoms with Crippen LogP contribution in [0.25, 0.3) is 0 Å². The Bertz CT molecular complexity index is 616. The molecule has 0 aliphatic rings. The maximum absolute atomic E-state index is 12.3. The van der Waals surface area contributed by atoms with Crippen molar-refractivity contribution in [3.63, 3.8) is 0 Å². The summed E-state index contributed by atoms with van der Waals surface area (Å²) in [6.07, 6.45) is 9.74. The van der Waals surface area contributed by atoms with Crippen molar-refractivity contribution in [2.24, 2.45) is 0 Å². The molecule has 0 amide bonds. The standard InChI is InChI=1S/C21H35NO4S/c1-3-4-5-6-7-8-9-13-18-27(24,25)22-20(21(23)26-2)17-16-19-14-11-10-12-15-19/h10-12,14-15,20,22H,3-9,13,16-18H2,1-2H3. The van der Waals surface area contributed by atoms with Crippen LogP contribution in [-0.2, 0) is 26.0 Å². The van der Waals surface area contributed by atoms with Crippen molar-refractivity contribution in [3.05, 3.63) is 35.9 Å². The number of hydrogen-bond acceptors (Lipinski definition) is 4. The molecule has 0 fully saturated rings. The Morgan fingerprint density at radius 2 is 1.59 bits per heavy atom. The number of carbonyl (C=O) groups is 1. The summed E-state index contributed by atoms with van der Waals surface area (Å²) in [5, 5.41) is 0. The number of ether oxygens (including phenoxy) is 1. The number of esters is 1. The summed E-state index contributed by atoms with van der Waals surface area (Å²) < 4.78 is 32.0. The molecule has 0 bridgehead atoms. The molecule has 1 rings (SSSR count). The zero-order valence-corrected chi connectivity index (χ0v) is 17.6. The van der Waals surface area contributed by atoms with Gasteiger partial charge in [0.25, 0.3) is 0 Å². The molecule has 0 heterocycles. The minimum Gasteiger partial charge on any atom is -0.468 e. The second-order valence-corrected chi connectivity index (χ2v) is 8.89. The molecule has 154 valence electrons. The lowest BCUT2D eigenvalue weighted by Crippen LogP contribution is -2.42. The van der Waals surface area contributed by atoms with E-state index in [9.17, 15) is 13.2 Å². The van der Waals surface area contributed by atoms with E-state index >= 15 is 0 Å². The van der Waals surface area contributed by atoms with Gasteiger partial charge in [0, 0.05) is 0 Å². The number of rotatable bonds is 15. The molecule has 0 spiro atoms. The fourth-order valence-electron chi connectivity index (χ4n) is 3.02. The first kappa shape index (κ1) is 23.6. The van der Waals surface area contributed by atoms with Gasteiger partial charge in [-0.1, -0.05) is 82.2 Å². The Morgan fingerprint density at radius 1 is 1.00 bits per heavy atom. The third-order valence-corrected chi connectivity index (χ3v) is 6.11. The lowest BCUT2D eigenvalue weighted by Gasteiger charge is -2.16. The molecule has 1 aromatic carbocycles. The molecule has 0 aliphatic carbocycles. The quantitative estimate of drug-likeness (QED) is 0.355. The molecule has 1 aromatic rings. The molecule has 0 aliphatic heterocycles. The number of hydrogen-bond donors (Lipinski definition) is 1. The summed E-state index contributed by atoms with van der Waals surface area (Å²) in [6, 6.07) is 8.86. The normalized spacial score (nSPS) is 12.7. The minimum atomic E-state index is -3.49. The molecule has 27 heavy (non-hydrogen) atoms. The van der Waals surface area contributed by atoms with Gasteiger partial charge in [0.2, 0.25) is 10.0 Å². The fourth-order valence-corrected chi connectivity index (χ4v) is 4.37. The number of sulfonamides is 1. The van der Waals surface area contributed by atoms with Crippen LogP contribution in [0, 0.1) is 0 Å². The van der Waals surface area contributed by atoms with Gasteiger partial charge in [0.05, 0.1) is 12.9 Å². The Hall–Kier alpha value is -1.40. The highest BCUT2D eigenvalue weighted by Crippen LogP contribution is 2.11. The van der Waals surface area contributed by atoms with E-state index in [0.29, 0.717) is 19.3 Å². The van der Waals surface area contributed by atoms with Crippen LogP contribution in [0.5, 0.6) is 0 Å². The average Bonchev–Trinajstić information content (AvgIpc) is 2.67. The predicted molar refractivity (Wildman–Crippen MR) is 110 cm³/mol. The molecule has 6 heteroatoms. The second-order valence-electron chi connectivity index (χ2n) is 7.01. The second kappa shape index (κ2) is 13.7. The fraction of sp³-hybridized carbons (Fsp3) is 0.667. The zero-order valence-electron chi connectivity index (χ0n) is 16.8. The summed E-state index contributed by atoms with van der Waals surface area (Å²) in [5.41, 5.74) is 1.06. The number of carbonyl (C=O) groups excluding carboxylic acids is 1. The monoisotopic (exact) mass is 397 g/mol. The molecular weight excluding hydrogens is 362 g/mol. The van der Waals surface area contributed by atoms with Gasteiger partial charge >= 0.3 is 5.97 Å². The van der Waals surface area contributed by atoms with Gasteiger partial charge in [-0.05, 0) is 24.8 Å². The van der Waals surface area contributed by atoms with E-state index in [1.54, 1.807) is 0 Å². The molecule has 0 radical (unpaired) electrons. The largest absolute Gasteiger partial charge is 0.468 e. The van der Waals surface area contributed by atoms with Crippen molar-refractivity contribution in [3.8, 4) is 0 Å². The molecule has 5 nitrogen and oxygen atoms in total. The molecule has 1 N–H and O–H groups in total. The van der Waals surface area contributed by atoms with E-state index in [1.807, 2.05) is 30.3 Å². The molecule has 1 unspecified atom stereocenters. The third-order valence-electron chi connectivity index (χ3n) is 4.64. The summed E-state index contributed by atoms with van der Waals surface area (Å²) in [7, 11) is -2.21. The number of unbranched alkanes of at least 4 members (excludes halogenated alkanes) is 7. The lowest BCUT2D eigenvalue weighted by molar-refractivity contribution is -0.142. The lowest BCUT2D eigenvalue weighted by atomic mass is 10.1. The summed E-state index contributed by atoms with van der Waals surface area (Å²) in [5.74, 6) is -0.480. The number of benzene rings is 1. The van der Waals surface area contributed by atoms with Crippen LogP contribution in [0.3, 0.4) is 0 Å². The van der Waals surface area contributed by atoms with E-state index < -0.39 is 22.0 Å². The first-order valence-corrected chi connectivity index (χ1v) is 11.8. The molecule has 0 aromatic heterocycles. The van der Waals surface area contributed by atoms with Crippen molar-refractivity contribution in [2.45, 2.75) is 77.2 Å². The van der Waals surface area contributed by atoms with E-state index in [1.165, 1.54) is 32.8 Å². The molecular formula is C21H35NO4S. The molecule has 1 atom stereocenters. The number of aryl methyl sites for hydroxylation is 1. The van der Waals surface area contributed by atoms with Crippen molar-refractivity contribution in [1.82, 2.24) is 4.72 Å². The van der Waals surface area contributed by atoms with Gasteiger partial charge in [-0.2, -0.15) is 0 Å². The van der Waals surface area contributed by atoms with Crippen LogP contribution in [0.1, 0.15) is 70.3 Å². The average molecular weight is 398 g/mol. The van der Waals surface area contributed by atoms with Crippen LogP contribution in [-0.4, -0.2) is 33.3 Å². The maximum atomic E-state index is 12.3. The highest BCUT2D eigenvalue weighted by molar-refractivity contribution is 7.89. The van der Waals surface area contributed by atoms with Crippen LogP contribution < -0.4 is 4.72 Å². The van der Waals surface area contributed by atoms with Crippen molar-refractivity contribution >= 4 is 16.0 Å². The third kappa shape index (κ3) is 11.1. The van der Waals surface area contributed by atoms with Crippen LogP contribution >= 0.6 is 0 Å². The van der Waals surface area contributed by atoms with Gasteiger partial charge in [0.15, 0.2) is 0 Å². The van der Waals surface area contributed by atoms with Crippen molar-refractivity contribution < 1.29 is 17.9 Å². The zero-order chi connectivity index (χ0) is 20.0. The first-order chi connectivity index (χ1) is 13.0. The smallest absolute Gasteiger partial charge is 0.323 e. The Kier molecular flexibility index (Phi) is 12.0. The van der Waals surface area contributed by atoms with Crippen molar-refractivity contribution in [2.75, 3.05) is 12.9 Å². The number of methoxy groups -OCH3 is 1. The Balaban J connectivity index is 2.38. The summed E-state index contributed by atoms with van der Waals surface area (Å²) >= 11 is 0. The highest BCUT2D eigenvalue weighted by atomic mass is 32.2. The van der Waals surface area contributed by atoms with Crippen molar-refractivity contribution in [1.29, 1.82) is 0 Å². The Labute approximate surface area is 164 Å². The Morgan fingerprint density at radius 3 is 2.19 bits per heavy atom. The van der Waals surface area contributed by atoms with E-state index in [4.69, 9.17) is 4.74 Å². The number of nitrogens with one attached hydrogen (secondary N) is 1. The first-order valence-electron chi connectivity index (χ1n) is 10.1. The minimum absolute atomic E-state index is 0.0563. The van der Waals surface area contributed by atoms with E-state index in [0.717, 1.165) is 24.8 Å². The van der Waals surface area contributed by atoms with Gasteiger partial charge < -0.3 is 4.74 Å². The van der Waals surface area contributed by atoms with Crippen LogP contribution in [0.15, 0.2) is 30.3 Å². The summed E-state index contributed by atoms with van der Waals surface area (Å²) in [6.45, 7) is 2.19. The highest BCUT2D eigenvalue weighted by Gasteiger charge is 2.24.